The number of hydrogen-bond acceptors (Lipinski definition) is 4. The zero-order valence-corrected chi connectivity index (χ0v) is 18.0. The van der Waals surface area contributed by atoms with Gasteiger partial charge >= 0.3 is 0 Å². The average Bonchev–Trinajstić information content (AvgIpc) is 3.63. The third kappa shape index (κ3) is 5.06. The molecule has 0 spiro atoms. The van der Waals surface area contributed by atoms with E-state index >= 15 is 0 Å². The number of benzene rings is 3. The number of hydrogen-bond donors (Lipinski definition) is 1. The van der Waals surface area contributed by atoms with Crippen LogP contribution in [0.3, 0.4) is 0 Å². The Labute approximate surface area is 182 Å². The molecule has 0 atom stereocenters. The van der Waals surface area contributed by atoms with Gasteiger partial charge in [-0.2, -0.15) is 0 Å². The lowest BCUT2D eigenvalue weighted by atomic mass is 10.1. The smallest absolute Gasteiger partial charge is 0.261 e. The van der Waals surface area contributed by atoms with Crippen LogP contribution in [0.2, 0.25) is 0 Å². The fourth-order valence-corrected chi connectivity index (χ4v) is 4.41. The minimum absolute atomic E-state index is 0.0848. The number of nitrogens with zero attached hydrogens (tertiary/aromatic N) is 1. The van der Waals surface area contributed by atoms with Crippen LogP contribution in [0.4, 0.5) is 5.69 Å². The van der Waals surface area contributed by atoms with Gasteiger partial charge in [0.15, 0.2) is 0 Å². The number of ether oxygens (including phenoxy) is 1. The van der Waals surface area contributed by atoms with Crippen molar-refractivity contribution in [3.8, 4) is 5.75 Å². The van der Waals surface area contributed by atoms with Gasteiger partial charge in [0.2, 0.25) is 0 Å². The van der Waals surface area contributed by atoms with Gasteiger partial charge in [0, 0.05) is 23.8 Å². The topological polar surface area (TPSA) is 75.7 Å². The van der Waals surface area contributed by atoms with Crippen LogP contribution in [-0.2, 0) is 16.6 Å². The van der Waals surface area contributed by atoms with Gasteiger partial charge in [-0.1, -0.05) is 30.3 Å². The molecule has 1 fully saturated rings. The third-order valence-corrected chi connectivity index (χ3v) is 6.60. The average molecular weight is 437 g/mol. The van der Waals surface area contributed by atoms with Crippen LogP contribution in [0.25, 0.3) is 0 Å². The molecule has 160 valence electrons. The number of sulfonamides is 1. The quantitative estimate of drug-likeness (QED) is 0.571. The molecule has 0 radical (unpaired) electrons. The van der Waals surface area contributed by atoms with Crippen LogP contribution in [0.1, 0.15) is 28.8 Å². The number of carbonyl (C=O) groups excluding carboxylic acids is 1. The lowest BCUT2D eigenvalue weighted by Crippen LogP contribution is -2.32. The zero-order valence-electron chi connectivity index (χ0n) is 17.2. The predicted octanol–water partition coefficient (Wildman–Crippen LogP) is 4.30. The molecule has 7 heteroatoms. The summed E-state index contributed by atoms with van der Waals surface area (Å²) in [6.07, 6.45) is 1.99. The second-order valence-corrected chi connectivity index (χ2v) is 9.19. The lowest BCUT2D eigenvalue weighted by molar-refractivity contribution is 0.0730. The maximum Gasteiger partial charge on any atom is 0.261 e. The molecule has 1 amide bonds. The van der Waals surface area contributed by atoms with Crippen LogP contribution < -0.4 is 9.46 Å². The molecule has 0 bridgehead atoms. The van der Waals surface area contributed by atoms with Crippen LogP contribution in [0.15, 0.2) is 83.8 Å². The number of carbonyl (C=O) groups is 1. The Hall–Kier alpha value is -3.32. The van der Waals surface area contributed by atoms with Crippen LogP contribution in [-0.4, -0.2) is 32.4 Å². The molecule has 1 aliphatic carbocycles. The van der Waals surface area contributed by atoms with Crippen LogP contribution in [0.5, 0.6) is 5.75 Å². The van der Waals surface area contributed by atoms with E-state index < -0.39 is 10.0 Å². The monoisotopic (exact) mass is 436 g/mol. The molecule has 0 aliphatic heterocycles. The summed E-state index contributed by atoms with van der Waals surface area (Å²) in [6, 6.07) is 22.8. The molecule has 3 aromatic rings. The summed E-state index contributed by atoms with van der Waals surface area (Å²) < 4.78 is 33.0. The summed E-state index contributed by atoms with van der Waals surface area (Å²) >= 11 is 0. The Morgan fingerprint density at radius 1 is 0.968 bits per heavy atom. The van der Waals surface area contributed by atoms with E-state index in [1.165, 1.54) is 12.1 Å². The van der Waals surface area contributed by atoms with Crippen molar-refractivity contribution < 1.29 is 17.9 Å². The zero-order chi connectivity index (χ0) is 21.8. The van der Waals surface area contributed by atoms with E-state index in [2.05, 4.69) is 4.72 Å². The fraction of sp³-hybridized carbons (Fsp3) is 0.208. The summed E-state index contributed by atoms with van der Waals surface area (Å²) in [5.74, 6) is 0.556. The van der Waals surface area contributed by atoms with Crippen molar-refractivity contribution in [3.63, 3.8) is 0 Å². The van der Waals surface area contributed by atoms with Gasteiger partial charge in [-0.05, 0) is 66.9 Å². The van der Waals surface area contributed by atoms with E-state index in [1.807, 2.05) is 35.2 Å². The Balaban J connectivity index is 1.48. The molecule has 0 heterocycles. The summed E-state index contributed by atoms with van der Waals surface area (Å²) in [7, 11) is -2.22. The summed E-state index contributed by atoms with van der Waals surface area (Å²) in [4.78, 5) is 15.1. The first kappa shape index (κ1) is 20.9. The van der Waals surface area contributed by atoms with Crippen molar-refractivity contribution >= 4 is 21.6 Å². The first-order valence-electron chi connectivity index (χ1n) is 10.1. The number of rotatable bonds is 8. The van der Waals surface area contributed by atoms with Gasteiger partial charge < -0.3 is 9.64 Å². The number of amides is 1. The molecule has 3 aromatic carbocycles. The number of nitrogens with one attached hydrogen (secondary N) is 1. The first-order chi connectivity index (χ1) is 15.0. The van der Waals surface area contributed by atoms with Crippen molar-refractivity contribution in [3.05, 3.63) is 90.0 Å². The van der Waals surface area contributed by atoms with Crippen molar-refractivity contribution in [2.45, 2.75) is 30.3 Å². The molecule has 4 rings (SSSR count). The predicted molar refractivity (Wildman–Crippen MR) is 120 cm³/mol. The highest BCUT2D eigenvalue weighted by Gasteiger charge is 2.33. The van der Waals surface area contributed by atoms with Gasteiger partial charge in [0.05, 0.1) is 12.0 Å². The Morgan fingerprint density at radius 2 is 1.61 bits per heavy atom. The summed E-state index contributed by atoms with van der Waals surface area (Å²) in [6.45, 7) is 0.545. The minimum Gasteiger partial charge on any atom is -0.497 e. The highest BCUT2D eigenvalue weighted by Crippen LogP contribution is 2.30. The van der Waals surface area contributed by atoms with Gasteiger partial charge in [-0.25, -0.2) is 8.42 Å². The van der Waals surface area contributed by atoms with E-state index in [-0.39, 0.29) is 16.8 Å². The SMILES string of the molecule is COc1ccc(NS(=O)(=O)c2ccc(C(=O)N(Cc3ccccc3)C3CC3)cc2)cc1. The van der Waals surface area contributed by atoms with E-state index in [9.17, 15) is 13.2 Å². The standard InChI is InChI=1S/C24H24N2O4S/c1-30-22-13-9-20(10-14-22)25-31(28,29)23-15-7-19(8-16-23)24(27)26(21-11-12-21)17-18-5-3-2-4-6-18/h2-10,13-16,21,25H,11-12,17H2,1H3. The number of methoxy groups -OCH3 is 1. The van der Waals surface area contributed by atoms with E-state index in [0.29, 0.717) is 23.5 Å². The molecule has 31 heavy (non-hydrogen) atoms. The van der Waals surface area contributed by atoms with Gasteiger partial charge in [-0.3, -0.25) is 9.52 Å². The highest BCUT2D eigenvalue weighted by atomic mass is 32.2. The second-order valence-electron chi connectivity index (χ2n) is 7.51. The molecule has 1 N–H and O–H groups in total. The minimum atomic E-state index is -3.76. The van der Waals surface area contributed by atoms with Gasteiger partial charge in [0.1, 0.15) is 5.75 Å². The fourth-order valence-electron chi connectivity index (χ4n) is 3.35. The Morgan fingerprint density at radius 3 is 2.19 bits per heavy atom. The number of anilines is 1. The highest BCUT2D eigenvalue weighted by molar-refractivity contribution is 7.92. The van der Waals surface area contributed by atoms with Crippen molar-refractivity contribution in [2.24, 2.45) is 0 Å². The summed E-state index contributed by atoms with van der Waals surface area (Å²) in [5, 5.41) is 0. The molecule has 6 nitrogen and oxygen atoms in total. The summed E-state index contributed by atoms with van der Waals surface area (Å²) in [5.41, 5.74) is 1.99. The van der Waals surface area contributed by atoms with Crippen LogP contribution in [0, 0.1) is 0 Å². The molecule has 0 saturated heterocycles. The second kappa shape index (κ2) is 8.81. The maximum absolute atomic E-state index is 13.1. The Bertz CT molecular complexity index is 1140. The Kier molecular flexibility index (Phi) is 5.95. The van der Waals surface area contributed by atoms with Gasteiger partial charge in [0.25, 0.3) is 15.9 Å². The van der Waals surface area contributed by atoms with Crippen molar-refractivity contribution in [1.29, 1.82) is 0 Å². The molecule has 0 unspecified atom stereocenters. The molecular formula is C24H24N2O4S. The van der Waals surface area contributed by atoms with Gasteiger partial charge in [-0.15, -0.1) is 0 Å². The normalized spacial score (nSPS) is 13.5. The maximum atomic E-state index is 13.1. The van der Waals surface area contributed by atoms with Crippen molar-refractivity contribution in [1.82, 2.24) is 4.90 Å². The van der Waals surface area contributed by atoms with E-state index in [4.69, 9.17) is 4.74 Å². The van der Waals surface area contributed by atoms with Crippen LogP contribution >= 0.6 is 0 Å². The first-order valence-corrected chi connectivity index (χ1v) is 11.6. The molecular weight excluding hydrogens is 412 g/mol. The van der Waals surface area contributed by atoms with Crippen molar-refractivity contribution in [2.75, 3.05) is 11.8 Å². The largest absolute Gasteiger partial charge is 0.497 e. The third-order valence-electron chi connectivity index (χ3n) is 5.20. The molecule has 1 aliphatic rings. The lowest BCUT2D eigenvalue weighted by Gasteiger charge is -2.23. The molecule has 1 saturated carbocycles. The van der Waals surface area contributed by atoms with E-state index in [0.717, 1.165) is 18.4 Å². The molecule has 0 aromatic heterocycles. The van der Waals surface area contributed by atoms with E-state index in [1.54, 1.807) is 43.5 Å².